The average molecular weight is 423 g/mol. The maximum absolute atomic E-state index is 12.6. The van der Waals surface area contributed by atoms with Gasteiger partial charge in [-0.1, -0.05) is 72.3 Å². The van der Waals surface area contributed by atoms with E-state index in [2.05, 4.69) is 6.58 Å². The van der Waals surface area contributed by atoms with Crippen molar-refractivity contribution in [3.8, 4) is 11.5 Å². The SMILES string of the molecule is C=Cc1ccc(COc2ccc3c(c2)O/C(=C\c2cccc(Cl)c2Cl)C3=O)cc1. The Balaban J connectivity index is 1.51. The van der Waals surface area contributed by atoms with Gasteiger partial charge in [-0.2, -0.15) is 0 Å². The van der Waals surface area contributed by atoms with E-state index in [1.165, 1.54) is 0 Å². The number of carbonyl (C=O) groups excluding carboxylic acids is 1. The lowest BCUT2D eigenvalue weighted by Gasteiger charge is -2.08. The fourth-order valence-corrected chi connectivity index (χ4v) is 3.31. The molecule has 3 nitrogen and oxygen atoms in total. The van der Waals surface area contributed by atoms with Gasteiger partial charge < -0.3 is 9.47 Å². The Bertz CT molecular complexity index is 1130. The van der Waals surface area contributed by atoms with Crippen molar-refractivity contribution in [3.63, 3.8) is 0 Å². The fraction of sp³-hybridized carbons (Fsp3) is 0.0417. The van der Waals surface area contributed by atoms with E-state index in [1.54, 1.807) is 48.6 Å². The highest BCUT2D eigenvalue weighted by Crippen LogP contribution is 2.36. The number of hydrogen-bond donors (Lipinski definition) is 0. The maximum atomic E-state index is 12.6. The number of hydrogen-bond acceptors (Lipinski definition) is 3. The Labute approximate surface area is 178 Å². The van der Waals surface area contributed by atoms with Crippen LogP contribution in [0.4, 0.5) is 0 Å². The van der Waals surface area contributed by atoms with Crippen molar-refractivity contribution >= 4 is 41.1 Å². The molecule has 1 aliphatic heterocycles. The predicted molar refractivity (Wildman–Crippen MR) is 117 cm³/mol. The molecular formula is C24H16Cl2O3. The first-order chi connectivity index (χ1) is 14.0. The van der Waals surface area contributed by atoms with E-state index in [-0.39, 0.29) is 11.5 Å². The highest BCUT2D eigenvalue weighted by atomic mass is 35.5. The van der Waals surface area contributed by atoms with E-state index in [0.717, 1.165) is 11.1 Å². The third kappa shape index (κ3) is 4.07. The molecule has 0 spiro atoms. The van der Waals surface area contributed by atoms with E-state index in [1.807, 2.05) is 24.3 Å². The van der Waals surface area contributed by atoms with Gasteiger partial charge in [0.1, 0.15) is 18.1 Å². The lowest BCUT2D eigenvalue weighted by atomic mass is 10.1. The summed E-state index contributed by atoms with van der Waals surface area (Å²) in [5, 5.41) is 0.793. The summed E-state index contributed by atoms with van der Waals surface area (Å²) in [6.07, 6.45) is 3.39. The van der Waals surface area contributed by atoms with Crippen LogP contribution in [0.25, 0.3) is 12.2 Å². The fourth-order valence-electron chi connectivity index (χ4n) is 2.95. The Morgan fingerprint density at radius 3 is 2.59 bits per heavy atom. The molecule has 0 radical (unpaired) electrons. The highest BCUT2D eigenvalue weighted by Gasteiger charge is 2.28. The van der Waals surface area contributed by atoms with Crippen molar-refractivity contribution in [1.29, 1.82) is 0 Å². The molecule has 29 heavy (non-hydrogen) atoms. The van der Waals surface area contributed by atoms with Crippen molar-refractivity contribution in [2.24, 2.45) is 0 Å². The Kier molecular flexibility index (Phi) is 5.43. The smallest absolute Gasteiger partial charge is 0.231 e. The van der Waals surface area contributed by atoms with Gasteiger partial charge in [-0.25, -0.2) is 0 Å². The third-order valence-electron chi connectivity index (χ3n) is 4.53. The van der Waals surface area contributed by atoms with Crippen LogP contribution in [0.2, 0.25) is 10.0 Å². The molecule has 0 saturated heterocycles. The number of halogens is 2. The minimum absolute atomic E-state index is 0.196. The summed E-state index contributed by atoms with van der Waals surface area (Å²) >= 11 is 12.2. The van der Waals surface area contributed by atoms with E-state index in [0.29, 0.717) is 39.3 Å². The Morgan fingerprint density at radius 1 is 1.03 bits per heavy atom. The number of carbonyl (C=O) groups is 1. The molecule has 1 heterocycles. The summed E-state index contributed by atoms with van der Waals surface area (Å²) < 4.78 is 11.6. The van der Waals surface area contributed by atoms with Gasteiger partial charge in [-0.3, -0.25) is 4.79 Å². The molecule has 0 N–H and O–H groups in total. The van der Waals surface area contributed by atoms with Gasteiger partial charge in [0, 0.05) is 6.07 Å². The van der Waals surface area contributed by atoms with Crippen LogP contribution in [0.3, 0.4) is 0 Å². The number of allylic oxidation sites excluding steroid dienone is 1. The van der Waals surface area contributed by atoms with Crippen LogP contribution in [0.5, 0.6) is 11.5 Å². The first-order valence-electron chi connectivity index (χ1n) is 8.91. The van der Waals surface area contributed by atoms with Crippen molar-refractivity contribution in [2.45, 2.75) is 6.61 Å². The van der Waals surface area contributed by atoms with Crippen LogP contribution in [-0.4, -0.2) is 5.78 Å². The topological polar surface area (TPSA) is 35.5 Å². The molecule has 3 aromatic rings. The summed E-state index contributed by atoms with van der Waals surface area (Å²) in [5.41, 5.74) is 3.19. The van der Waals surface area contributed by atoms with Crippen molar-refractivity contribution < 1.29 is 14.3 Å². The van der Waals surface area contributed by atoms with Crippen molar-refractivity contribution in [2.75, 3.05) is 0 Å². The number of benzene rings is 3. The molecule has 0 atom stereocenters. The minimum Gasteiger partial charge on any atom is -0.489 e. The maximum Gasteiger partial charge on any atom is 0.231 e. The quantitative estimate of drug-likeness (QED) is 0.422. The van der Waals surface area contributed by atoms with Gasteiger partial charge in [0.15, 0.2) is 5.76 Å². The van der Waals surface area contributed by atoms with Crippen LogP contribution in [0.15, 0.2) is 73.0 Å². The molecule has 0 unspecified atom stereocenters. The minimum atomic E-state index is -0.206. The molecule has 3 aromatic carbocycles. The van der Waals surface area contributed by atoms with Gasteiger partial charge in [-0.05, 0) is 41.0 Å². The van der Waals surface area contributed by atoms with Gasteiger partial charge >= 0.3 is 0 Å². The van der Waals surface area contributed by atoms with Gasteiger partial charge in [0.2, 0.25) is 5.78 Å². The van der Waals surface area contributed by atoms with Gasteiger partial charge in [-0.15, -0.1) is 0 Å². The van der Waals surface area contributed by atoms with Gasteiger partial charge in [0.25, 0.3) is 0 Å². The zero-order valence-corrected chi connectivity index (χ0v) is 16.8. The van der Waals surface area contributed by atoms with E-state index in [4.69, 9.17) is 32.7 Å². The first kappa shape index (κ1) is 19.3. The van der Waals surface area contributed by atoms with E-state index in [9.17, 15) is 4.79 Å². The number of ether oxygens (including phenoxy) is 2. The molecule has 1 aliphatic rings. The van der Waals surface area contributed by atoms with Crippen molar-refractivity contribution in [1.82, 2.24) is 0 Å². The molecule has 0 amide bonds. The summed E-state index contributed by atoms with van der Waals surface area (Å²) in [4.78, 5) is 12.6. The molecular weight excluding hydrogens is 407 g/mol. The van der Waals surface area contributed by atoms with E-state index < -0.39 is 0 Å². The average Bonchev–Trinajstić information content (AvgIpc) is 3.05. The van der Waals surface area contributed by atoms with Crippen LogP contribution in [0.1, 0.15) is 27.0 Å². The summed E-state index contributed by atoms with van der Waals surface area (Å²) in [5.74, 6) is 1.06. The van der Waals surface area contributed by atoms with Crippen molar-refractivity contribution in [3.05, 3.63) is 105 Å². The second-order valence-corrected chi connectivity index (χ2v) is 7.26. The molecule has 0 aromatic heterocycles. The predicted octanol–water partition coefficient (Wildman–Crippen LogP) is 6.83. The molecule has 0 fully saturated rings. The van der Waals surface area contributed by atoms with Crippen LogP contribution in [-0.2, 0) is 6.61 Å². The molecule has 0 saturated carbocycles. The Hall–Kier alpha value is -3.01. The van der Waals surface area contributed by atoms with Crippen LogP contribution >= 0.6 is 23.2 Å². The monoisotopic (exact) mass is 422 g/mol. The number of Topliss-reactive ketones (excluding diaryl/α,β-unsaturated/α-hetero) is 1. The van der Waals surface area contributed by atoms with Gasteiger partial charge in [0.05, 0.1) is 15.6 Å². The molecule has 0 bridgehead atoms. The summed E-state index contributed by atoms with van der Waals surface area (Å²) in [6.45, 7) is 4.15. The number of ketones is 1. The molecule has 4 rings (SSSR count). The van der Waals surface area contributed by atoms with E-state index >= 15 is 0 Å². The second kappa shape index (κ2) is 8.16. The molecule has 5 heteroatoms. The summed E-state index contributed by atoms with van der Waals surface area (Å²) in [6, 6.07) is 18.3. The Morgan fingerprint density at radius 2 is 1.83 bits per heavy atom. The largest absolute Gasteiger partial charge is 0.489 e. The zero-order chi connectivity index (χ0) is 20.4. The number of rotatable bonds is 5. The van der Waals surface area contributed by atoms with Crippen LogP contribution in [0, 0.1) is 0 Å². The first-order valence-corrected chi connectivity index (χ1v) is 9.67. The van der Waals surface area contributed by atoms with Crippen LogP contribution < -0.4 is 9.47 Å². The summed E-state index contributed by atoms with van der Waals surface area (Å²) in [7, 11) is 0. The second-order valence-electron chi connectivity index (χ2n) is 6.48. The lowest BCUT2D eigenvalue weighted by Crippen LogP contribution is -1.98. The standard InChI is InChI=1S/C24H16Cl2O3/c1-2-15-6-8-16(9-7-15)14-28-18-10-11-19-21(13-18)29-22(24(19)27)12-17-4-3-5-20(25)23(17)26/h2-13H,1,14H2/b22-12-. The molecule has 144 valence electrons. The normalized spacial score (nSPS) is 13.9. The highest BCUT2D eigenvalue weighted by molar-refractivity contribution is 6.43. The lowest BCUT2D eigenvalue weighted by molar-refractivity contribution is 0.101. The number of fused-ring (bicyclic) bond motifs is 1. The third-order valence-corrected chi connectivity index (χ3v) is 5.36. The molecule has 0 aliphatic carbocycles. The zero-order valence-electron chi connectivity index (χ0n) is 15.3.